The summed E-state index contributed by atoms with van der Waals surface area (Å²) in [6.45, 7) is 0. The first kappa shape index (κ1) is 11.7. The SMILES string of the molecule is Nc1cccn2nc(-c3ccc(-n4ccnc4)cc3)nc12. The average molecular weight is 276 g/mol. The van der Waals surface area contributed by atoms with Gasteiger partial charge >= 0.3 is 0 Å². The molecule has 0 unspecified atom stereocenters. The summed E-state index contributed by atoms with van der Waals surface area (Å²) >= 11 is 0. The quantitative estimate of drug-likeness (QED) is 0.609. The van der Waals surface area contributed by atoms with E-state index in [0.29, 0.717) is 17.2 Å². The van der Waals surface area contributed by atoms with Crippen LogP contribution in [0.25, 0.3) is 22.7 Å². The number of nitrogens with zero attached hydrogens (tertiary/aromatic N) is 5. The second-order valence-corrected chi connectivity index (χ2v) is 4.68. The number of aromatic nitrogens is 5. The first-order chi connectivity index (χ1) is 10.3. The Labute approximate surface area is 120 Å². The van der Waals surface area contributed by atoms with Crippen molar-refractivity contribution in [3.8, 4) is 17.1 Å². The van der Waals surface area contributed by atoms with Crippen molar-refractivity contribution < 1.29 is 0 Å². The predicted molar refractivity (Wildman–Crippen MR) is 80.0 cm³/mol. The number of rotatable bonds is 2. The van der Waals surface area contributed by atoms with Gasteiger partial charge in [-0.3, -0.25) is 0 Å². The molecule has 0 amide bonds. The Hall–Kier alpha value is -3.15. The molecule has 3 heterocycles. The molecular weight excluding hydrogens is 264 g/mol. The number of fused-ring (bicyclic) bond motifs is 1. The van der Waals surface area contributed by atoms with Gasteiger partial charge < -0.3 is 10.3 Å². The molecular formula is C15H12N6. The van der Waals surface area contributed by atoms with E-state index in [0.717, 1.165) is 11.3 Å². The van der Waals surface area contributed by atoms with Gasteiger partial charge in [-0.05, 0) is 36.4 Å². The van der Waals surface area contributed by atoms with Gasteiger partial charge in [0.25, 0.3) is 0 Å². The van der Waals surface area contributed by atoms with E-state index in [1.165, 1.54) is 0 Å². The largest absolute Gasteiger partial charge is 0.396 e. The van der Waals surface area contributed by atoms with Crippen LogP contribution in [0, 0.1) is 0 Å². The van der Waals surface area contributed by atoms with Crippen LogP contribution in [0.5, 0.6) is 0 Å². The molecule has 0 fully saturated rings. The maximum Gasteiger partial charge on any atom is 0.182 e. The highest BCUT2D eigenvalue weighted by Gasteiger charge is 2.08. The third-order valence-corrected chi connectivity index (χ3v) is 3.32. The lowest BCUT2D eigenvalue weighted by Crippen LogP contribution is -1.92. The van der Waals surface area contributed by atoms with E-state index < -0.39 is 0 Å². The summed E-state index contributed by atoms with van der Waals surface area (Å²) in [7, 11) is 0. The smallest absolute Gasteiger partial charge is 0.182 e. The second kappa shape index (κ2) is 4.45. The molecule has 0 spiro atoms. The third-order valence-electron chi connectivity index (χ3n) is 3.32. The molecule has 0 aliphatic carbocycles. The van der Waals surface area contributed by atoms with Gasteiger partial charge in [-0.15, -0.1) is 5.10 Å². The van der Waals surface area contributed by atoms with Crippen LogP contribution in [0.15, 0.2) is 61.3 Å². The lowest BCUT2D eigenvalue weighted by atomic mass is 10.2. The van der Waals surface area contributed by atoms with E-state index in [1.807, 2.05) is 53.4 Å². The predicted octanol–water partition coefficient (Wildman–Crippen LogP) is 2.16. The van der Waals surface area contributed by atoms with Crippen molar-refractivity contribution in [1.29, 1.82) is 0 Å². The van der Waals surface area contributed by atoms with Gasteiger partial charge in [-0.25, -0.2) is 14.5 Å². The van der Waals surface area contributed by atoms with E-state index in [9.17, 15) is 0 Å². The Bertz CT molecular complexity index is 890. The fraction of sp³-hybridized carbons (Fsp3) is 0. The topological polar surface area (TPSA) is 74.0 Å². The molecule has 2 N–H and O–H groups in total. The van der Waals surface area contributed by atoms with Crippen LogP contribution in [-0.2, 0) is 0 Å². The lowest BCUT2D eigenvalue weighted by molar-refractivity contribution is 0.967. The monoisotopic (exact) mass is 276 g/mol. The van der Waals surface area contributed by atoms with Crippen LogP contribution in [0.4, 0.5) is 5.69 Å². The van der Waals surface area contributed by atoms with Crippen molar-refractivity contribution in [2.75, 3.05) is 5.73 Å². The summed E-state index contributed by atoms with van der Waals surface area (Å²) < 4.78 is 3.63. The minimum atomic E-state index is 0.617. The summed E-state index contributed by atoms with van der Waals surface area (Å²) in [4.78, 5) is 8.52. The zero-order chi connectivity index (χ0) is 14.2. The number of hydrogen-bond donors (Lipinski definition) is 1. The molecule has 3 aromatic heterocycles. The van der Waals surface area contributed by atoms with E-state index in [4.69, 9.17) is 5.73 Å². The number of pyridine rings is 1. The van der Waals surface area contributed by atoms with Gasteiger partial charge in [0.2, 0.25) is 0 Å². The van der Waals surface area contributed by atoms with Crippen molar-refractivity contribution in [3.05, 3.63) is 61.3 Å². The second-order valence-electron chi connectivity index (χ2n) is 4.68. The Morgan fingerprint density at radius 1 is 1.00 bits per heavy atom. The Morgan fingerprint density at radius 2 is 1.86 bits per heavy atom. The van der Waals surface area contributed by atoms with Crippen LogP contribution in [0.1, 0.15) is 0 Å². The number of benzene rings is 1. The van der Waals surface area contributed by atoms with Gasteiger partial charge in [0.15, 0.2) is 11.5 Å². The lowest BCUT2D eigenvalue weighted by Gasteiger charge is -2.02. The highest BCUT2D eigenvalue weighted by molar-refractivity contribution is 5.68. The fourth-order valence-electron chi connectivity index (χ4n) is 2.24. The van der Waals surface area contributed by atoms with Gasteiger partial charge in [0.05, 0.1) is 12.0 Å². The molecule has 1 aromatic carbocycles. The van der Waals surface area contributed by atoms with E-state index in [1.54, 1.807) is 17.0 Å². The molecule has 102 valence electrons. The van der Waals surface area contributed by atoms with E-state index in [2.05, 4.69) is 15.1 Å². The maximum absolute atomic E-state index is 5.90. The molecule has 4 aromatic rings. The third kappa shape index (κ3) is 1.93. The molecule has 0 aliphatic heterocycles. The fourth-order valence-corrected chi connectivity index (χ4v) is 2.24. The summed E-state index contributed by atoms with van der Waals surface area (Å²) in [6, 6.07) is 11.7. The number of imidazole rings is 1. The molecule has 4 rings (SSSR count). The molecule has 0 saturated heterocycles. The Morgan fingerprint density at radius 3 is 2.57 bits per heavy atom. The first-order valence-corrected chi connectivity index (χ1v) is 6.51. The average Bonchev–Trinajstić information content (AvgIpc) is 3.18. The molecule has 6 nitrogen and oxygen atoms in total. The normalized spacial score (nSPS) is 11.0. The standard InChI is InChI=1S/C15H12N6/c16-13-2-1-8-21-15(13)18-14(19-21)11-3-5-12(6-4-11)20-9-7-17-10-20/h1-10H,16H2. The highest BCUT2D eigenvalue weighted by Crippen LogP contribution is 2.20. The van der Waals surface area contributed by atoms with Crippen molar-refractivity contribution in [2.45, 2.75) is 0 Å². The van der Waals surface area contributed by atoms with Crippen LogP contribution in [-0.4, -0.2) is 24.1 Å². The number of nitrogen functional groups attached to an aromatic ring is 1. The van der Waals surface area contributed by atoms with E-state index >= 15 is 0 Å². The van der Waals surface area contributed by atoms with Crippen LogP contribution >= 0.6 is 0 Å². The number of anilines is 1. The summed E-state index contributed by atoms with van der Waals surface area (Å²) in [5.41, 5.74) is 9.18. The molecule has 6 heteroatoms. The zero-order valence-corrected chi connectivity index (χ0v) is 11.1. The number of hydrogen-bond acceptors (Lipinski definition) is 4. The molecule has 21 heavy (non-hydrogen) atoms. The Balaban J connectivity index is 1.76. The van der Waals surface area contributed by atoms with Crippen LogP contribution < -0.4 is 5.73 Å². The van der Waals surface area contributed by atoms with Crippen molar-refractivity contribution in [3.63, 3.8) is 0 Å². The Kier molecular flexibility index (Phi) is 2.47. The summed E-state index contributed by atoms with van der Waals surface area (Å²) in [6.07, 6.45) is 7.25. The van der Waals surface area contributed by atoms with Gasteiger partial charge in [0.1, 0.15) is 0 Å². The van der Waals surface area contributed by atoms with Gasteiger partial charge in [-0.2, -0.15) is 0 Å². The molecule has 0 atom stereocenters. The van der Waals surface area contributed by atoms with Crippen molar-refractivity contribution >= 4 is 11.3 Å². The molecule has 0 saturated carbocycles. The minimum Gasteiger partial charge on any atom is -0.396 e. The van der Waals surface area contributed by atoms with Crippen LogP contribution in [0.3, 0.4) is 0 Å². The summed E-state index contributed by atoms with van der Waals surface area (Å²) in [5.74, 6) is 0.657. The van der Waals surface area contributed by atoms with E-state index in [-0.39, 0.29) is 0 Å². The van der Waals surface area contributed by atoms with Gasteiger partial charge in [0, 0.05) is 29.8 Å². The first-order valence-electron chi connectivity index (χ1n) is 6.51. The van der Waals surface area contributed by atoms with Crippen LogP contribution in [0.2, 0.25) is 0 Å². The maximum atomic E-state index is 5.90. The highest BCUT2D eigenvalue weighted by atomic mass is 15.3. The molecule has 0 bridgehead atoms. The molecule has 0 aliphatic rings. The number of nitrogens with two attached hydrogens (primary N) is 1. The summed E-state index contributed by atoms with van der Waals surface area (Å²) in [5, 5.41) is 4.44. The minimum absolute atomic E-state index is 0.617. The van der Waals surface area contributed by atoms with Crippen molar-refractivity contribution in [2.24, 2.45) is 0 Å². The van der Waals surface area contributed by atoms with Gasteiger partial charge in [-0.1, -0.05) is 0 Å². The van der Waals surface area contributed by atoms with Crippen molar-refractivity contribution in [1.82, 2.24) is 24.1 Å². The zero-order valence-electron chi connectivity index (χ0n) is 11.1. The molecule has 0 radical (unpaired) electrons.